The zero-order chi connectivity index (χ0) is 19.2. The van der Waals surface area contributed by atoms with Gasteiger partial charge in [-0.3, -0.25) is 9.89 Å². The first kappa shape index (κ1) is 18.5. The van der Waals surface area contributed by atoms with Crippen molar-refractivity contribution in [3.63, 3.8) is 0 Å². The van der Waals surface area contributed by atoms with Crippen LogP contribution in [0.1, 0.15) is 11.1 Å². The van der Waals surface area contributed by atoms with Crippen LogP contribution in [0.15, 0.2) is 77.3 Å². The Morgan fingerprint density at radius 2 is 1.86 bits per heavy atom. The third kappa shape index (κ3) is 4.68. The van der Waals surface area contributed by atoms with Crippen molar-refractivity contribution in [2.75, 3.05) is 11.1 Å². The molecule has 0 aliphatic heterocycles. The van der Waals surface area contributed by atoms with Crippen molar-refractivity contribution in [1.29, 1.82) is 0 Å². The molecular weight excluding hydrogens is 388 g/mol. The van der Waals surface area contributed by atoms with Crippen LogP contribution in [0.5, 0.6) is 0 Å². The summed E-state index contributed by atoms with van der Waals surface area (Å²) in [5, 5.41) is 12.7. The number of benzene rings is 2. The van der Waals surface area contributed by atoms with Crippen molar-refractivity contribution < 1.29 is 4.79 Å². The minimum absolute atomic E-state index is 0.0759. The topological polar surface area (TPSA) is 70.7 Å². The van der Waals surface area contributed by atoms with Crippen LogP contribution in [0.2, 0.25) is 0 Å². The Bertz CT molecular complexity index is 1050. The van der Waals surface area contributed by atoms with Gasteiger partial charge in [0.25, 0.3) is 0 Å². The summed E-state index contributed by atoms with van der Waals surface area (Å²) >= 11 is 2.91. The first-order chi connectivity index (χ1) is 13.8. The molecule has 0 bridgehead atoms. The van der Waals surface area contributed by atoms with E-state index in [1.165, 1.54) is 17.3 Å². The van der Waals surface area contributed by atoms with Gasteiger partial charge in [0.15, 0.2) is 5.82 Å². The van der Waals surface area contributed by atoms with Gasteiger partial charge >= 0.3 is 0 Å². The summed E-state index contributed by atoms with van der Waals surface area (Å²) in [4.78, 5) is 17.9. The van der Waals surface area contributed by atoms with E-state index in [0.717, 1.165) is 28.4 Å². The third-order valence-electron chi connectivity index (χ3n) is 4.08. The minimum atomic E-state index is -0.0759. The van der Waals surface area contributed by atoms with Gasteiger partial charge in [0.1, 0.15) is 0 Å². The van der Waals surface area contributed by atoms with Gasteiger partial charge in [-0.25, -0.2) is 4.98 Å². The maximum absolute atomic E-state index is 12.4. The molecule has 0 unspecified atom stereocenters. The highest BCUT2D eigenvalue weighted by Gasteiger charge is 2.11. The van der Waals surface area contributed by atoms with E-state index in [1.54, 1.807) is 11.3 Å². The summed E-state index contributed by atoms with van der Waals surface area (Å²) < 4.78 is 0. The number of amides is 1. The Morgan fingerprint density at radius 3 is 2.68 bits per heavy atom. The van der Waals surface area contributed by atoms with Gasteiger partial charge in [-0.2, -0.15) is 0 Å². The SMILES string of the molecule is O=C(CSc1n[nH]c(-c2cccs2)n1)Nc1ccccc1Cc1ccccc1. The fourth-order valence-electron chi connectivity index (χ4n) is 2.76. The number of para-hydroxylation sites is 1. The lowest BCUT2D eigenvalue weighted by atomic mass is 10.0. The molecule has 0 radical (unpaired) electrons. The molecule has 5 nitrogen and oxygen atoms in total. The lowest BCUT2D eigenvalue weighted by Crippen LogP contribution is -2.15. The van der Waals surface area contributed by atoms with Crippen LogP contribution >= 0.6 is 23.1 Å². The standard InChI is InChI=1S/C21H18N4OS2/c26-19(14-28-21-23-20(24-25-21)18-11-6-12-27-18)22-17-10-5-4-9-16(17)13-15-7-2-1-3-8-15/h1-12H,13-14H2,(H,22,26)(H,23,24,25). The summed E-state index contributed by atoms with van der Waals surface area (Å²) in [6, 6.07) is 22.1. The number of thioether (sulfide) groups is 1. The van der Waals surface area contributed by atoms with Crippen LogP contribution in [0, 0.1) is 0 Å². The van der Waals surface area contributed by atoms with Crippen molar-refractivity contribution in [3.8, 4) is 10.7 Å². The Morgan fingerprint density at radius 1 is 1.04 bits per heavy atom. The van der Waals surface area contributed by atoms with Crippen LogP contribution in [-0.4, -0.2) is 26.8 Å². The highest BCUT2D eigenvalue weighted by Crippen LogP contribution is 2.24. The van der Waals surface area contributed by atoms with Crippen LogP contribution in [0.3, 0.4) is 0 Å². The largest absolute Gasteiger partial charge is 0.325 e. The third-order valence-corrected chi connectivity index (χ3v) is 5.80. The van der Waals surface area contributed by atoms with E-state index in [9.17, 15) is 4.79 Å². The Kier molecular flexibility index (Phi) is 5.84. The smallest absolute Gasteiger partial charge is 0.234 e. The Balaban J connectivity index is 1.36. The molecule has 0 aliphatic rings. The molecule has 4 aromatic rings. The van der Waals surface area contributed by atoms with E-state index < -0.39 is 0 Å². The molecule has 7 heteroatoms. The summed E-state index contributed by atoms with van der Waals surface area (Å²) in [7, 11) is 0. The van der Waals surface area contributed by atoms with Crippen LogP contribution < -0.4 is 5.32 Å². The first-order valence-corrected chi connectivity index (χ1v) is 10.7. The molecule has 2 aromatic heterocycles. The number of H-pyrrole nitrogens is 1. The number of hydrogen-bond acceptors (Lipinski definition) is 5. The molecule has 0 aliphatic carbocycles. The summed E-state index contributed by atoms with van der Waals surface area (Å²) in [5.41, 5.74) is 3.14. The van der Waals surface area contributed by atoms with Gasteiger partial charge in [0.2, 0.25) is 11.1 Å². The normalized spacial score (nSPS) is 10.7. The fourth-order valence-corrected chi connectivity index (χ4v) is 4.03. The number of aromatic nitrogens is 3. The van der Waals surface area contributed by atoms with Crippen molar-refractivity contribution in [2.45, 2.75) is 11.6 Å². The average Bonchev–Trinajstić information content (AvgIpc) is 3.40. The first-order valence-electron chi connectivity index (χ1n) is 8.79. The number of carbonyl (C=O) groups excluding carboxylic acids is 1. The molecule has 0 saturated heterocycles. The van der Waals surface area contributed by atoms with E-state index >= 15 is 0 Å². The quantitative estimate of drug-likeness (QED) is 0.430. The lowest BCUT2D eigenvalue weighted by Gasteiger charge is -2.11. The molecule has 140 valence electrons. The van der Waals surface area contributed by atoms with E-state index in [-0.39, 0.29) is 11.7 Å². The predicted octanol–water partition coefficient (Wildman–Crippen LogP) is 4.85. The number of nitrogens with one attached hydrogen (secondary N) is 2. The molecule has 2 aromatic carbocycles. The summed E-state index contributed by atoms with van der Waals surface area (Å²) in [5.74, 6) is 0.903. The van der Waals surface area contributed by atoms with Gasteiger partial charge in [0.05, 0.1) is 10.6 Å². The number of nitrogens with zero attached hydrogens (tertiary/aromatic N) is 2. The summed E-state index contributed by atoms with van der Waals surface area (Å²) in [6.45, 7) is 0. The number of thiophene rings is 1. The Labute approximate surface area is 171 Å². The highest BCUT2D eigenvalue weighted by atomic mass is 32.2. The van der Waals surface area contributed by atoms with Crippen LogP contribution in [0.4, 0.5) is 5.69 Å². The van der Waals surface area contributed by atoms with Crippen molar-refractivity contribution >= 4 is 34.7 Å². The van der Waals surface area contributed by atoms with Gasteiger partial charge in [-0.1, -0.05) is 66.4 Å². The van der Waals surface area contributed by atoms with E-state index in [4.69, 9.17) is 0 Å². The molecule has 28 heavy (non-hydrogen) atoms. The second kappa shape index (κ2) is 8.86. The van der Waals surface area contributed by atoms with Crippen molar-refractivity contribution in [2.24, 2.45) is 0 Å². The second-order valence-corrected chi connectivity index (χ2v) is 7.99. The monoisotopic (exact) mass is 406 g/mol. The molecule has 0 saturated carbocycles. The van der Waals surface area contributed by atoms with Gasteiger partial charge < -0.3 is 5.32 Å². The molecule has 2 N–H and O–H groups in total. The van der Waals surface area contributed by atoms with Gasteiger partial charge in [-0.15, -0.1) is 16.4 Å². The second-order valence-electron chi connectivity index (χ2n) is 6.10. The maximum Gasteiger partial charge on any atom is 0.234 e. The predicted molar refractivity (Wildman–Crippen MR) is 115 cm³/mol. The number of aromatic amines is 1. The number of rotatable bonds is 7. The van der Waals surface area contributed by atoms with Gasteiger partial charge in [0, 0.05) is 5.69 Å². The number of carbonyl (C=O) groups is 1. The molecule has 2 heterocycles. The van der Waals surface area contributed by atoms with E-state index in [2.05, 4.69) is 32.6 Å². The van der Waals surface area contributed by atoms with Crippen LogP contribution in [-0.2, 0) is 11.2 Å². The minimum Gasteiger partial charge on any atom is -0.325 e. The zero-order valence-corrected chi connectivity index (χ0v) is 16.6. The lowest BCUT2D eigenvalue weighted by molar-refractivity contribution is -0.113. The van der Waals surface area contributed by atoms with Gasteiger partial charge in [-0.05, 0) is 35.1 Å². The molecule has 0 spiro atoms. The summed E-state index contributed by atoms with van der Waals surface area (Å²) in [6.07, 6.45) is 0.773. The van der Waals surface area contributed by atoms with Crippen LogP contribution in [0.25, 0.3) is 10.7 Å². The zero-order valence-electron chi connectivity index (χ0n) is 15.0. The molecule has 1 amide bonds. The molecular formula is C21H18N4OS2. The fraction of sp³-hybridized carbons (Fsp3) is 0.0952. The average molecular weight is 407 g/mol. The van der Waals surface area contributed by atoms with E-state index in [0.29, 0.717) is 5.16 Å². The molecule has 0 atom stereocenters. The number of anilines is 1. The number of hydrogen-bond donors (Lipinski definition) is 2. The molecule has 0 fully saturated rings. The molecule has 4 rings (SSSR count). The highest BCUT2D eigenvalue weighted by molar-refractivity contribution is 7.99. The van der Waals surface area contributed by atoms with Crippen molar-refractivity contribution in [3.05, 3.63) is 83.2 Å². The maximum atomic E-state index is 12.4. The van der Waals surface area contributed by atoms with E-state index in [1.807, 2.05) is 60.0 Å². The Hall–Kier alpha value is -2.90. The van der Waals surface area contributed by atoms with Crippen molar-refractivity contribution in [1.82, 2.24) is 15.2 Å².